The van der Waals surface area contributed by atoms with Crippen molar-refractivity contribution in [2.45, 2.75) is 0 Å². The molecule has 6 nitrogen and oxygen atoms in total. The molecule has 0 atom stereocenters. The molecule has 2 rings (SSSR count). The number of amides is 1. The van der Waals surface area contributed by atoms with E-state index in [0.29, 0.717) is 16.8 Å². The minimum Gasteiger partial charge on any atom is -0.503 e. The fraction of sp³-hybridized carbons (Fsp3) is 0.0667. The van der Waals surface area contributed by atoms with Gasteiger partial charge in [0.15, 0.2) is 11.5 Å². The van der Waals surface area contributed by atoms with Crippen molar-refractivity contribution in [3.8, 4) is 11.5 Å². The summed E-state index contributed by atoms with van der Waals surface area (Å²) in [5.41, 5.74) is 9.51. The molecule has 0 bridgehead atoms. The van der Waals surface area contributed by atoms with Crippen LogP contribution in [0.25, 0.3) is 0 Å². The summed E-state index contributed by atoms with van der Waals surface area (Å²) in [6.07, 6.45) is 1.39. The zero-order valence-corrected chi connectivity index (χ0v) is 12.5. The summed E-state index contributed by atoms with van der Waals surface area (Å²) in [5, 5.41) is 13.6. The van der Waals surface area contributed by atoms with Gasteiger partial charge in [-0.3, -0.25) is 4.79 Å². The molecule has 0 aliphatic carbocycles. The second-order valence-corrected chi connectivity index (χ2v) is 4.78. The normalized spacial score (nSPS) is 10.6. The zero-order chi connectivity index (χ0) is 16.1. The number of phenolic OH excluding ortho intramolecular Hbond substituents is 1. The number of halogens is 1. The number of nitrogens with two attached hydrogens (primary N) is 1. The standard InChI is InChI=1S/C15H14ClN3O3/c1-22-13-7-9(6-12(16)14(13)20)8-18-19-15(21)10-2-4-11(17)5-3-10/h2-8,20H,17H2,1H3,(H,19,21)/b18-8+. The Hall–Kier alpha value is -2.73. The fourth-order valence-electron chi connectivity index (χ4n) is 1.69. The number of phenols is 1. The Kier molecular flexibility index (Phi) is 4.85. The number of hydrogen-bond donors (Lipinski definition) is 3. The van der Waals surface area contributed by atoms with Crippen molar-refractivity contribution in [2.75, 3.05) is 12.8 Å². The molecule has 2 aromatic carbocycles. The molecule has 4 N–H and O–H groups in total. The highest BCUT2D eigenvalue weighted by molar-refractivity contribution is 6.32. The quantitative estimate of drug-likeness (QED) is 0.458. The van der Waals surface area contributed by atoms with Gasteiger partial charge >= 0.3 is 0 Å². The summed E-state index contributed by atoms with van der Waals surface area (Å²) < 4.78 is 4.98. The van der Waals surface area contributed by atoms with E-state index in [9.17, 15) is 9.90 Å². The molecule has 0 heterocycles. The monoisotopic (exact) mass is 319 g/mol. The first kappa shape index (κ1) is 15.7. The van der Waals surface area contributed by atoms with Crippen LogP contribution in [0.5, 0.6) is 11.5 Å². The highest BCUT2D eigenvalue weighted by Gasteiger charge is 2.08. The van der Waals surface area contributed by atoms with Gasteiger partial charge in [-0.15, -0.1) is 0 Å². The van der Waals surface area contributed by atoms with Gasteiger partial charge in [0, 0.05) is 11.3 Å². The molecule has 0 aliphatic rings. The Morgan fingerprint density at radius 3 is 2.68 bits per heavy atom. The molecule has 22 heavy (non-hydrogen) atoms. The van der Waals surface area contributed by atoms with E-state index in [1.54, 1.807) is 30.3 Å². The van der Waals surface area contributed by atoms with Gasteiger partial charge in [-0.2, -0.15) is 5.10 Å². The highest BCUT2D eigenvalue weighted by atomic mass is 35.5. The maximum absolute atomic E-state index is 11.8. The number of methoxy groups -OCH3 is 1. The maximum atomic E-state index is 11.8. The average Bonchev–Trinajstić information content (AvgIpc) is 2.51. The Bertz CT molecular complexity index is 715. The minimum absolute atomic E-state index is 0.130. The number of hydrazone groups is 1. The van der Waals surface area contributed by atoms with Gasteiger partial charge in [-0.05, 0) is 42.0 Å². The number of rotatable bonds is 4. The number of hydrogen-bond acceptors (Lipinski definition) is 5. The molecule has 1 amide bonds. The number of ether oxygens (including phenoxy) is 1. The summed E-state index contributed by atoms with van der Waals surface area (Å²) >= 11 is 5.86. The number of benzene rings is 2. The van der Waals surface area contributed by atoms with Gasteiger partial charge in [0.25, 0.3) is 5.91 Å². The van der Waals surface area contributed by atoms with E-state index in [-0.39, 0.29) is 22.4 Å². The van der Waals surface area contributed by atoms with Crippen LogP contribution in [0.1, 0.15) is 15.9 Å². The molecule has 0 unspecified atom stereocenters. The maximum Gasteiger partial charge on any atom is 0.271 e. The molecule has 0 saturated heterocycles. The lowest BCUT2D eigenvalue weighted by atomic mass is 10.2. The lowest BCUT2D eigenvalue weighted by Crippen LogP contribution is -2.17. The average molecular weight is 320 g/mol. The van der Waals surface area contributed by atoms with Crippen molar-refractivity contribution in [1.82, 2.24) is 5.43 Å². The molecule has 0 aliphatic heterocycles. The Labute approximate surface area is 132 Å². The first-order valence-electron chi connectivity index (χ1n) is 6.26. The number of nitrogens with one attached hydrogen (secondary N) is 1. The number of anilines is 1. The van der Waals surface area contributed by atoms with Crippen LogP contribution in [-0.2, 0) is 0 Å². The van der Waals surface area contributed by atoms with E-state index >= 15 is 0 Å². The summed E-state index contributed by atoms with van der Waals surface area (Å²) in [5.74, 6) is -0.292. The summed E-state index contributed by atoms with van der Waals surface area (Å²) in [4.78, 5) is 11.8. The molecule has 0 fully saturated rings. The van der Waals surface area contributed by atoms with E-state index < -0.39 is 0 Å². The molecular formula is C15H14ClN3O3. The third-order valence-corrected chi connectivity index (χ3v) is 3.11. The van der Waals surface area contributed by atoms with E-state index in [2.05, 4.69) is 10.5 Å². The molecule has 0 saturated carbocycles. The molecule has 114 valence electrons. The Morgan fingerprint density at radius 2 is 2.05 bits per heavy atom. The van der Waals surface area contributed by atoms with Crippen molar-refractivity contribution in [3.05, 3.63) is 52.5 Å². The van der Waals surface area contributed by atoms with E-state index in [0.717, 1.165) is 0 Å². The van der Waals surface area contributed by atoms with Crippen molar-refractivity contribution in [1.29, 1.82) is 0 Å². The summed E-state index contributed by atoms with van der Waals surface area (Å²) in [7, 11) is 1.41. The molecule has 0 radical (unpaired) electrons. The van der Waals surface area contributed by atoms with Crippen LogP contribution in [-0.4, -0.2) is 24.3 Å². The number of carbonyl (C=O) groups is 1. The zero-order valence-electron chi connectivity index (χ0n) is 11.7. The number of nitrogen functional groups attached to an aromatic ring is 1. The number of aromatic hydroxyl groups is 1. The van der Waals surface area contributed by atoms with Crippen LogP contribution in [0, 0.1) is 0 Å². The van der Waals surface area contributed by atoms with Gasteiger partial charge in [-0.25, -0.2) is 5.43 Å². The van der Waals surface area contributed by atoms with Gasteiger partial charge in [0.05, 0.1) is 18.3 Å². The first-order valence-corrected chi connectivity index (χ1v) is 6.64. The number of nitrogens with zero attached hydrogens (tertiary/aromatic N) is 1. The topological polar surface area (TPSA) is 96.9 Å². The first-order chi connectivity index (χ1) is 10.5. The van der Waals surface area contributed by atoms with Crippen molar-refractivity contribution >= 4 is 29.4 Å². The lowest BCUT2D eigenvalue weighted by molar-refractivity contribution is 0.0955. The Balaban J connectivity index is 2.08. The molecule has 2 aromatic rings. The fourth-order valence-corrected chi connectivity index (χ4v) is 1.91. The van der Waals surface area contributed by atoms with Gasteiger partial charge in [0.2, 0.25) is 0 Å². The predicted molar refractivity (Wildman–Crippen MR) is 85.6 cm³/mol. The summed E-state index contributed by atoms with van der Waals surface area (Å²) in [6, 6.07) is 9.49. The third-order valence-electron chi connectivity index (χ3n) is 2.82. The van der Waals surface area contributed by atoms with E-state index in [1.807, 2.05) is 0 Å². The second-order valence-electron chi connectivity index (χ2n) is 4.37. The second kappa shape index (κ2) is 6.82. The largest absolute Gasteiger partial charge is 0.503 e. The molecular weight excluding hydrogens is 306 g/mol. The van der Waals surface area contributed by atoms with Crippen molar-refractivity contribution in [3.63, 3.8) is 0 Å². The molecule has 0 spiro atoms. The predicted octanol–water partition coefficient (Wildman–Crippen LogP) is 2.40. The highest BCUT2D eigenvalue weighted by Crippen LogP contribution is 2.34. The Morgan fingerprint density at radius 1 is 1.36 bits per heavy atom. The van der Waals surface area contributed by atoms with E-state index in [1.165, 1.54) is 19.4 Å². The van der Waals surface area contributed by atoms with Crippen LogP contribution >= 0.6 is 11.6 Å². The van der Waals surface area contributed by atoms with Crippen molar-refractivity contribution in [2.24, 2.45) is 5.10 Å². The van der Waals surface area contributed by atoms with Crippen LogP contribution in [0.4, 0.5) is 5.69 Å². The summed E-state index contributed by atoms with van der Waals surface area (Å²) in [6.45, 7) is 0. The van der Waals surface area contributed by atoms with Crippen LogP contribution in [0.3, 0.4) is 0 Å². The van der Waals surface area contributed by atoms with Crippen LogP contribution < -0.4 is 15.9 Å². The molecule has 0 aromatic heterocycles. The van der Waals surface area contributed by atoms with Crippen molar-refractivity contribution < 1.29 is 14.6 Å². The van der Waals surface area contributed by atoms with E-state index in [4.69, 9.17) is 22.1 Å². The van der Waals surface area contributed by atoms with Crippen LogP contribution in [0.15, 0.2) is 41.5 Å². The van der Waals surface area contributed by atoms with Gasteiger partial charge in [0.1, 0.15) is 0 Å². The lowest BCUT2D eigenvalue weighted by Gasteiger charge is -2.06. The molecule has 7 heteroatoms. The number of carbonyl (C=O) groups excluding carboxylic acids is 1. The van der Waals surface area contributed by atoms with Gasteiger partial charge in [-0.1, -0.05) is 11.6 Å². The third kappa shape index (κ3) is 3.67. The van der Waals surface area contributed by atoms with Crippen LogP contribution in [0.2, 0.25) is 5.02 Å². The minimum atomic E-state index is -0.368. The van der Waals surface area contributed by atoms with Gasteiger partial charge < -0.3 is 15.6 Å². The SMILES string of the molecule is COc1cc(/C=N/NC(=O)c2ccc(N)cc2)cc(Cl)c1O. The smallest absolute Gasteiger partial charge is 0.271 e.